The number of Topliss-reactive ketones (excluding diaryl/α,β-unsaturated/α-hetero) is 1. The van der Waals surface area contributed by atoms with Crippen molar-refractivity contribution in [1.82, 2.24) is 9.97 Å². The second kappa shape index (κ2) is 8.86. The molecule has 1 fully saturated rings. The van der Waals surface area contributed by atoms with Crippen LogP contribution in [0.1, 0.15) is 22.9 Å². The molecule has 3 heterocycles. The molecule has 0 radical (unpaired) electrons. The Labute approximate surface area is 208 Å². The summed E-state index contributed by atoms with van der Waals surface area (Å²) in [5, 5.41) is 22.4. The van der Waals surface area contributed by atoms with E-state index in [9.17, 15) is 24.8 Å². The van der Waals surface area contributed by atoms with Crippen molar-refractivity contribution in [3.05, 3.63) is 93.3 Å². The van der Waals surface area contributed by atoms with Crippen molar-refractivity contribution in [3.63, 3.8) is 0 Å². The summed E-state index contributed by atoms with van der Waals surface area (Å²) in [5.41, 5.74) is 1.65. The normalized spacial score (nSPS) is 17.1. The Kier molecular flexibility index (Phi) is 5.69. The fraction of sp³-hybridized carbons (Fsp3) is 0.120. The number of aryl methyl sites for hydroxylation is 1. The molecule has 1 aliphatic rings. The minimum absolute atomic E-state index is 0.157. The van der Waals surface area contributed by atoms with Gasteiger partial charge in [0.2, 0.25) is 0 Å². The Morgan fingerprint density at radius 3 is 2.56 bits per heavy atom. The predicted molar refractivity (Wildman–Crippen MR) is 133 cm³/mol. The van der Waals surface area contributed by atoms with Gasteiger partial charge in [-0.15, -0.1) is 0 Å². The van der Waals surface area contributed by atoms with E-state index in [0.717, 1.165) is 10.3 Å². The van der Waals surface area contributed by atoms with Crippen LogP contribution in [0, 0.1) is 17.0 Å². The molecule has 11 heteroatoms. The van der Waals surface area contributed by atoms with Crippen molar-refractivity contribution in [2.24, 2.45) is 0 Å². The highest BCUT2D eigenvalue weighted by Crippen LogP contribution is 2.44. The number of anilines is 1. The number of thiazole rings is 1. The second-order valence-corrected chi connectivity index (χ2v) is 9.02. The maximum atomic E-state index is 13.3. The molecule has 1 N–H and O–H groups in total. The van der Waals surface area contributed by atoms with E-state index in [2.05, 4.69) is 9.97 Å². The molecular weight excluding hydrogens is 484 g/mol. The van der Waals surface area contributed by atoms with Crippen LogP contribution in [0.4, 0.5) is 10.8 Å². The van der Waals surface area contributed by atoms with E-state index in [4.69, 9.17) is 4.74 Å². The summed E-state index contributed by atoms with van der Waals surface area (Å²) in [6.07, 6.45) is 1.52. The molecule has 0 spiro atoms. The van der Waals surface area contributed by atoms with E-state index in [1.807, 2.05) is 19.1 Å². The number of aromatic nitrogens is 2. The maximum absolute atomic E-state index is 13.3. The number of hydrogen-bond acceptors (Lipinski definition) is 9. The van der Waals surface area contributed by atoms with Gasteiger partial charge in [0.05, 0.1) is 33.5 Å². The van der Waals surface area contributed by atoms with Gasteiger partial charge in [-0.1, -0.05) is 17.4 Å². The minimum Gasteiger partial charge on any atom is -0.507 e. The number of carbonyl (C=O) groups is 2. The lowest BCUT2D eigenvalue weighted by Gasteiger charge is -2.21. The number of ketones is 1. The highest BCUT2D eigenvalue weighted by molar-refractivity contribution is 7.22. The van der Waals surface area contributed by atoms with Crippen molar-refractivity contribution in [2.45, 2.75) is 13.0 Å². The SMILES string of the molecule is COc1cc2sc(N3C(=O)C(=O)/C(=C(/O)c4ccc([N+](=O)[O-])cc4)C3c3ccccn3)nc2cc1C. The number of nitro benzene ring substituents is 1. The number of nitro groups is 1. The number of nitrogens with zero attached hydrogens (tertiary/aromatic N) is 4. The Bertz CT molecular complexity index is 1560. The average molecular weight is 503 g/mol. The fourth-order valence-electron chi connectivity index (χ4n) is 4.11. The minimum atomic E-state index is -1.05. The summed E-state index contributed by atoms with van der Waals surface area (Å²) in [5.74, 6) is -1.56. The summed E-state index contributed by atoms with van der Waals surface area (Å²) < 4.78 is 6.14. The lowest BCUT2D eigenvalue weighted by atomic mass is 9.98. The van der Waals surface area contributed by atoms with Gasteiger partial charge in [-0.3, -0.25) is 29.6 Å². The zero-order valence-corrected chi connectivity index (χ0v) is 19.9. The molecule has 0 saturated carbocycles. The summed E-state index contributed by atoms with van der Waals surface area (Å²) >= 11 is 1.21. The third kappa shape index (κ3) is 3.75. The number of amides is 1. The standard InChI is InChI=1S/C25H18N4O6S/c1-13-11-17-19(12-18(13)35-2)36-25(27-17)28-21(16-5-3-4-10-26-16)20(23(31)24(28)32)22(30)14-6-8-15(9-7-14)29(33)34/h3-12,21,30H,1-2H3/b22-20+. The largest absolute Gasteiger partial charge is 0.507 e. The summed E-state index contributed by atoms with van der Waals surface area (Å²) in [4.78, 5) is 47.2. The molecular formula is C25H18N4O6S. The molecule has 1 unspecified atom stereocenters. The number of ether oxygens (including phenoxy) is 1. The number of carbonyl (C=O) groups excluding carboxylic acids is 2. The van der Waals surface area contributed by atoms with Crippen molar-refractivity contribution >= 4 is 49.8 Å². The monoisotopic (exact) mass is 502 g/mol. The first kappa shape index (κ1) is 23.1. The Balaban J connectivity index is 1.69. The zero-order valence-electron chi connectivity index (χ0n) is 19.0. The number of rotatable bonds is 5. The number of benzene rings is 2. The van der Waals surface area contributed by atoms with Gasteiger partial charge < -0.3 is 9.84 Å². The first-order chi connectivity index (χ1) is 17.3. The van der Waals surface area contributed by atoms with Crippen LogP contribution in [0.5, 0.6) is 5.75 Å². The number of hydrogen-bond donors (Lipinski definition) is 1. The quantitative estimate of drug-likeness (QED) is 0.138. The number of fused-ring (bicyclic) bond motifs is 1. The maximum Gasteiger partial charge on any atom is 0.301 e. The lowest BCUT2D eigenvalue weighted by molar-refractivity contribution is -0.384. The third-order valence-corrected chi connectivity index (χ3v) is 6.88. The van der Waals surface area contributed by atoms with Crippen LogP contribution in [0.25, 0.3) is 16.0 Å². The smallest absolute Gasteiger partial charge is 0.301 e. The van der Waals surface area contributed by atoms with E-state index in [1.165, 1.54) is 46.7 Å². The molecule has 0 bridgehead atoms. The highest BCUT2D eigenvalue weighted by atomic mass is 32.1. The molecule has 1 saturated heterocycles. The van der Waals surface area contributed by atoms with E-state index in [0.29, 0.717) is 17.0 Å². The van der Waals surface area contributed by atoms with Crippen molar-refractivity contribution in [3.8, 4) is 5.75 Å². The Morgan fingerprint density at radius 2 is 1.92 bits per heavy atom. The molecule has 0 aliphatic carbocycles. The Morgan fingerprint density at radius 1 is 1.17 bits per heavy atom. The molecule has 4 aromatic rings. The number of aliphatic hydroxyl groups is 1. The first-order valence-corrected chi connectivity index (χ1v) is 11.5. The van der Waals surface area contributed by atoms with Crippen molar-refractivity contribution < 1.29 is 24.4 Å². The van der Waals surface area contributed by atoms with Crippen LogP contribution in [-0.4, -0.2) is 38.8 Å². The molecule has 180 valence electrons. The molecule has 2 aromatic carbocycles. The summed E-state index contributed by atoms with van der Waals surface area (Å²) in [6.45, 7) is 1.88. The number of methoxy groups -OCH3 is 1. The molecule has 1 atom stereocenters. The molecule has 10 nitrogen and oxygen atoms in total. The van der Waals surface area contributed by atoms with Gasteiger partial charge in [-0.05, 0) is 48.9 Å². The Hall–Kier alpha value is -4.64. The van der Waals surface area contributed by atoms with Gasteiger partial charge in [0.1, 0.15) is 17.6 Å². The van der Waals surface area contributed by atoms with Gasteiger partial charge in [-0.2, -0.15) is 0 Å². The van der Waals surface area contributed by atoms with Crippen molar-refractivity contribution in [2.75, 3.05) is 12.0 Å². The van der Waals surface area contributed by atoms with Crippen LogP contribution in [0.3, 0.4) is 0 Å². The lowest BCUT2D eigenvalue weighted by Crippen LogP contribution is -2.29. The van der Waals surface area contributed by atoms with E-state index < -0.39 is 28.4 Å². The number of non-ortho nitro benzene ring substituents is 1. The van der Waals surface area contributed by atoms with E-state index in [-0.39, 0.29) is 22.0 Å². The van der Waals surface area contributed by atoms with Gasteiger partial charge in [0, 0.05) is 23.9 Å². The molecule has 2 aromatic heterocycles. The zero-order chi connectivity index (χ0) is 25.6. The van der Waals surface area contributed by atoms with Gasteiger partial charge in [-0.25, -0.2) is 4.98 Å². The third-order valence-electron chi connectivity index (χ3n) is 5.86. The molecule has 36 heavy (non-hydrogen) atoms. The molecule has 5 rings (SSSR count). The second-order valence-electron chi connectivity index (χ2n) is 8.01. The van der Waals surface area contributed by atoms with Gasteiger partial charge >= 0.3 is 5.91 Å². The fourth-order valence-corrected chi connectivity index (χ4v) is 5.12. The van der Waals surface area contributed by atoms with E-state index in [1.54, 1.807) is 25.3 Å². The topological polar surface area (TPSA) is 136 Å². The van der Waals surface area contributed by atoms with Crippen LogP contribution >= 0.6 is 11.3 Å². The molecule has 1 amide bonds. The van der Waals surface area contributed by atoms with E-state index >= 15 is 0 Å². The van der Waals surface area contributed by atoms with Crippen LogP contribution in [0.2, 0.25) is 0 Å². The summed E-state index contributed by atoms with van der Waals surface area (Å²) in [6, 6.07) is 12.7. The van der Waals surface area contributed by atoms with Gasteiger partial charge in [0.25, 0.3) is 11.5 Å². The number of pyridine rings is 1. The first-order valence-electron chi connectivity index (χ1n) is 10.7. The number of aliphatic hydroxyl groups excluding tert-OH is 1. The summed E-state index contributed by atoms with van der Waals surface area (Å²) in [7, 11) is 1.56. The average Bonchev–Trinajstić information content (AvgIpc) is 3.40. The van der Waals surface area contributed by atoms with Crippen LogP contribution in [0.15, 0.2) is 66.4 Å². The molecule has 1 aliphatic heterocycles. The van der Waals surface area contributed by atoms with Crippen LogP contribution < -0.4 is 9.64 Å². The predicted octanol–water partition coefficient (Wildman–Crippen LogP) is 4.54. The highest BCUT2D eigenvalue weighted by Gasteiger charge is 2.48. The van der Waals surface area contributed by atoms with Gasteiger partial charge in [0.15, 0.2) is 5.13 Å². The van der Waals surface area contributed by atoms with Crippen LogP contribution in [-0.2, 0) is 9.59 Å². The van der Waals surface area contributed by atoms with Crippen molar-refractivity contribution in [1.29, 1.82) is 0 Å².